The van der Waals surface area contributed by atoms with Crippen LogP contribution in [0.15, 0.2) is 82.6 Å². The number of thioether (sulfide) groups is 1. The SMILES string of the molecule is COC(=O)/C(=C(/O)CSc1nc2ccccc2c(=O)n1-c1cc(C)ccn1)c1nc2ccccc2[nH]1. The number of aryl methyl sites for hydroxylation is 1. The van der Waals surface area contributed by atoms with E-state index in [1.807, 2.05) is 31.2 Å². The fraction of sp³-hybridized carbons (Fsp3) is 0.115. The molecule has 5 aromatic rings. The highest BCUT2D eigenvalue weighted by Gasteiger charge is 2.23. The van der Waals surface area contributed by atoms with Crippen molar-refractivity contribution in [2.24, 2.45) is 0 Å². The van der Waals surface area contributed by atoms with E-state index >= 15 is 0 Å². The zero-order chi connectivity index (χ0) is 25.2. The molecule has 9 nitrogen and oxygen atoms in total. The maximum atomic E-state index is 13.4. The monoisotopic (exact) mass is 499 g/mol. The summed E-state index contributed by atoms with van der Waals surface area (Å²) in [5.74, 6) is -0.480. The van der Waals surface area contributed by atoms with Crippen molar-refractivity contribution >= 4 is 45.2 Å². The molecule has 0 aliphatic rings. The number of imidazole rings is 1. The largest absolute Gasteiger partial charge is 0.510 e. The molecule has 36 heavy (non-hydrogen) atoms. The fourth-order valence-electron chi connectivity index (χ4n) is 3.78. The number of para-hydroxylation sites is 3. The molecule has 0 unspecified atom stereocenters. The third-order valence-corrected chi connectivity index (χ3v) is 6.47. The molecule has 0 aliphatic heterocycles. The second-order valence-electron chi connectivity index (χ2n) is 7.95. The van der Waals surface area contributed by atoms with Gasteiger partial charge in [-0.15, -0.1) is 0 Å². The van der Waals surface area contributed by atoms with E-state index in [0.29, 0.717) is 32.9 Å². The Labute approximate surface area is 209 Å². The molecule has 0 aliphatic carbocycles. The number of fused-ring (bicyclic) bond motifs is 2. The van der Waals surface area contributed by atoms with Crippen LogP contribution in [0.25, 0.3) is 33.3 Å². The summed E-state index contributed by atoms with van der Waals surface area (Å²) in [5.41, 5.74) is 2.42. The van der Waals surface area contributed by atoms with Crippen molar-refractivity contribution in [1.82, 2.24) is 24.5 Å². The number of nitrogens with one attached hydrogen (secondary N) is 1. The van der Waals surface area contributed by atoms with Crippen LogP contribution >= 0.6 is 11.8 Å². The van der Waals surface area contributed by atoms with Crippen LogP contribution in [0.2, 0.25) is 0 Å². The average molecular weight is 500 g/mol. The van der Waals surface area contributed by atoms with Crippen molar-refractivity contribution < 1.29 is 14.6 Å². The molecule has 0 fully saturated rings. The lowest BCUT2D eigenvalue weighted by Crippen LogP contribution is -2.23. The minimum absolute atomic E-state index is 0.0714. The normalized spacial score (nSPS) is 12.1. The molecule has 2 N–H and O–H groups in total. The van der Waals surface area contributed by atoms with Gasteiger partial charge < -0.3 is 14.8 Å². The summed E-state index contributed by atoms with van der Waals surface area (Å²) in [4.78, 5) is 42.5. The first kappa shape index (κ1) is 23.3. The van der Waals surface area contributed by atoms with Crippen molar-refractivity contribution in [2.45, 2.75) is 12.1 Å². The lowest BCUT2D eigenvalue weighted by atomic mass is 10.2. The summed E-state index contributed by atoms with van der Waals surface area (Å²) >= 11 is 1.10. The van der Waals surface area contributed by atoms with E-state index in [9.17, 15) is 14.7 Å². The zero-order valence-corrected chi connectivity index (χ0v) is 20.2. The molecule has 0 radical (unpaired) electrons. The number of benzene rings is 2. The number of ether oxygens (including phenoxy) is 1. The van der Waals surface area contributed by atoms with Crippen LogP contribution in [0, 0.1) is 6.92 Å². The van der Waals surface area contributed by atoms with Gasteiger partial charge in [0.05, 0.1) is 34.8 Å². The summed E-state index contributed by atoms with van der Waals surface area (Å²) in [6.07, 6.45) is 1.62. The van der Waals surface area contributed by atoms with Crippen LogP contribution in [0.1, 0.15) is 11.4 Å². The van der Waals surface area contributed by atoms with Gasteiger partial charge in [-0.25, -0.2) is 24.3 Å². The second kappa shape index (κ2) is 9.67. The first-order chi connectivity index (χ1) is 17.5. The molecule has 2 aromatic carbocycles. The van der Waals surface area contributed by atoms with Crippen molar-refractivity contribution in [1.29, 1.82) is 0 Å². The Bertz CT molecular complexity index is 1670. The Kier molecular flexibility index (Phi) is 6.26. The Morgan fingerprint density at radius 3 is 2.58 bits per heavy atom. The Hall–Kier alpha value is -4.44. The van der Waals surface area contributed by atoms with Gasteiger partial charge in [0.1, 0.15) is 23.0 Å². The summed E-state index contributed by atoms with van der Waals surface area (Å²) < 4.78 is 6.32. The van der Waals surface area contributed by atoms with Gasteiger partial charge in [0.25, 0.3) is 5.56 Å². The van der Waals surface area contributed by atoms with Crippen molar-refractivity contribution in [3.05, 3.63) is 94.4 Å². The number of H-pyrrole nitrogens is 1. The first-order valence-electron chi connectivity index (χ1n) is 11.0. The Morgan fingerprint density at radius 1 is 1.08 bits per heavy atom. The third-order valence-electron chi connectivity index (χ3n) is 5.52. The number of hydrogen-bond acceptors (Lipinski definition) is 8. The molecule has 0 saturated heterocycles. The number of aromatic amines is 1. The molecule has 0 atom stereocenters. The van der Waals surface area contributed by atoms with E-state index in [1.54, 1.807) is 42.6 Å². The van der Waals surface area contributed by atoms with Gasteiger partial charge in [-0.1, -0.05) is 36.0 Å². The van der Waals surface area contributed by atoms with E-state index in [1.165, 1.54) is 11.7 Å². The number of pyridine rings is 1. The van der Waals surface area contributed by atoms with Gasteiger partial charge in [-0.2, -0.15) is 0 Å². The Morgan fingerprint density at radius 2 is 1.83 bits per heavy atom. The highest BCUT2D eigenvalue weighted by Crippen LogP contribution is 2.26. The van der Waals surface area contributed by atoms with E-state index in [0.717, 1.165) is 17.3 Å². The second-order valence-corrected chi connectivity index (χ2v) is 8.89. The predicted octanol–water partition coefficient (Wildman–Crippen LogP) is 4.20. The molecule has 180 valence electrons. The van der Waals surface area contributed by atoms with Gasteiger partial charge in [0, 0.05) is 6.20 Å². The summed E-state index contributed by atoms with van der Waals surface area (Å²) in [6, 6.07) is 17.9. The quantitative estimate of drug-likeness (QED) is 0.117. The topological polar surface area (TPSA) is 123 Å². The van der Waals surface area contributed by atoms with Crippen molar-refractivity contribution in [2.75, 3.05) is 12.9 Å². The van der Waals surface area contributed by atoms with Gasteiger partial charge in [-0.3, -0.25) is 4.79 Å². The van der Waals surface area contributed by atoms with E-state index in [-0.39, 0.29) is 28.5 Å². The summed E-state index contributed by atoms with van der Waals surface area (Å²) in [6.45, 7) is 1.90. The average Bonchev–Trinajstić information content (AvgIpc) is 3.31. The lowest BCUT2D eigenvalue weighted by Gasteiger charge is -2.13. The maximum Gasteiger partial charge on any atom is 0.345 e. The summed E-state index contributed by atoms with van der Waals surface area (Å²) in [5, 5.41) is 11.8. The molecular weight excluding hydrogens is 478 g/mol. The van der Waals surface area contributed by atoms with Gasteiger partial charge in [0.15, 0.2) is 5.16 Å². The van der Waals surface area contributed by atoms with Gasteiger partial charge >= 0.3 is 5.97 Å². The van der Waals surface area contributed by atoms with Crippen LogP contribution in [0.4, 0.5) is 0 Å². The van der Waals surface area contributed by atoms with Crippen LogP contribution in [-0.2, 0) is 9.53 Å². The Balaban J connectivity index is 1.60. The number of carbonyl (C=O) groups is 1. The van der Waals surface area contributed by atoms with Crippen molar-refractivity contribution in [3.8, 4) is 5.82 Å². The number of aliphatic hydroxyl groups is 1. The zero-order valence-electron chi connectivity index (χ0n) is 19.4. The van der Waals surface area contributed by atoms with E-state index in [4.69, 9.17) is 4.74 Å². The fourth-order valence-corrected chi connectivity index (χ4v) is 4.66. The van der Waals surface area contributed by atoms with Crippen LogP contribution in [0.3, 0.4) is 0 Å². The predicted molar refractivity (Wildman–Crippen MR) is 138 cm³/mol. The highest BCUT2D eigenvalue weighted by atomic mass is 32.2. The standard InChI is InChI=1S/C26H21N5O4S/c1-15-11-12-27-21(13-15)31-24(33)16-7-3-4-8-17(16)30-26(31)36-14-20(32)22(25(34)35-2)23-28-18-9-5-6-10-19(18)29-23/h3-13,32H,14H2,1-2H3,(H,28,29)/b22-20+. The van der Waals surface area contributed by atoms with E-state index < -0.39 is 5.97 Å². The molecule has 0 saturated carbocycles. The number of carbonyl (C=O) groups excluding carboxylic acids is 1. The van der Waals surface area contributed by atoms with Crippen LogP contribution in [-0.4, -0.2) is 48.4 Å². The van der Waals surface area contributed by atoms with Crippen molar-refractivity contribution in [3.63, 3.8) is 0 Å². The molecule has 10 heteroatoms. The molecule has 0 amide bonds. The molecule has 0 spiro atoms. The molecular formula is C26H21N5O4S. The van der Waals surface area contributed by atoms with Gasteiger partial charge in [-0.05, 0) is 48.9 Å². The number of hydrogen-bond donors (Lipinski definition) is 2. The molecule has 3 aromatic heterocycles. The minimum Gasteiger partial charge on any atom is -0.510 e. The highest BCUT2D eigenvalue weighted by molar-refractivity contribution is 7.99. The third kappa shape index (κ3) is 4.34. The number of rotatable bonds is 6. The number of nitrogens with zero attached hydrogens (tertiary/aromatic N) is 4. The molecule has 5 rings (SSSR count). The number of aromatic nitrogens is 5. The van der Waals surface area contributed by atoms with Crippen LogP contribution < -0.4 is 5.56 Å². The minimum atomic E-state index is -0.739. The molecule has 3 heterocycles. The number of methoxy groups -OCH3 is 1. The van der Waals surface area contributed by atoms with Crippen LogP contribution in [0.5, 0.6) is 0 Å². The van der Waals surface area contributed by atoms with E-state index in [2.05, 4.69) is 19.9 Å². The summed E-state index contributed by atoms with van der Waals surface area (Å²) in [7, 11) is 1.23. The lowest BCUT2D eigenvalue weighted by molar-refractivity contribution is -0.133. The maximum absolute atomic E-state index is 13.4. The number of esters is 1. The molecule has 0 bridgehead atoms. The smallest absolute Gasteiger partial charge is 0.345 e. The van der Waals surface area contributed by atoms with Gasteiger partial charge in [0.2, 0.25) is 0 Å². The first-order valence-corrected chi connectivity index (χ1v) is 12.0. The number of aliphatic hydroxyl groups excluding tert-OH is 1.